The topological polar surface area (TPSA) is 70.7 Å². The normalized spacial score (nSPS) is 14.0. The van der Waals surface area contributed by atoms with E-state index in [4.69, 9.17) is 17.0 Å². The van der Waals surface area contributed by atoms with Gasteiger partial charge in [0, 0.05) is 29.9 Å². The maximum Gasteiger partial charge on any atom is 0.257 e. The van der Waals surface area contributed by atoms with Crippen molar-refractivity contribution in [3.8, 4) is 5.75 Å². The van der Waals surface area contributed by atoms with Crippen LogP contribution < -0.4 is 15.4 Å². The lowest BCUT2D eigenvalue weighted by Crippen LogP contribution is -2.37. The van der Waals surface area contributed by atoms with Crippen molar-refractivity contribution in [1.82, 2.24) is 10.2 Å². The second kappa shape index (κ2) is 11.6. The van der Waals surface area contributed by atoms with Gasteiger partial charge in [0.2, 0.25) is 0 Å². The number of thiocarbonyl (C=S) groups is 1. The number of hydrogen-bond donors (Lipinski definition) is 2. The number of anilines is 1. The molecular weight excluding hydrogens is 422 g/mol. The van der Waals surface area contributed by atoms with Crippen molar-refractivity contribution in [3.63, 3.8) is 0 Å². The van der Waals surface area contributed by atoms with Gasteiger partial charge in [0.1, 0.15) is 5.75 Å². The molecule has 0 radical (unpaired) electrons. The minimum Gasteiger partial charge on any atom is -0.494 e. The first-order valence-electron chi connectivity index (χ1n) is 11.2. The molecule has 0 spiro atoms. The molecule has 2 amide bonds. The number of carbonyl (C=O) groups excluding carboxylic acids is 2. The number of unbranched alkanes of at least 4 members (excludes halogenated alkanes) is 1. The molecule has 0 aromatic heterocycles. The van der Waals surface area contributed by atoms with Crippen LogP contribution >= 0.6 is 12.2 Å². The summed E-state index contributed by atoms with van der Waals surface area (Å²) in [6, 6.07) is 14.1. The van der Waals surface area contributed by atoms with Crippen molar-refractivity contribution in [2.24, 2.45) is 5.92 Å². The lowest BCUT2D eigenvalue weighted by atomic mass is 9.98. The van der Waals surface area contributed by atoms with Gasteiger partial charge in [0.25, 0.3) is 11.8 Å². The number of likely N-dealkylation sites (tertiary alicyclic amines) is 1. The first-order chi connectivity index (χ1) is 15.5. The first-order valence-corrected chi connectivity index (χ1v) is 11.6. The predicted molar refractivity (Wildman–Crippen MR) is 131 cm³/mol. The van der Waals surface area contributed by atoms with Crippen LogP contribution in [0.1, 0.15) is 60.2 Å². The molecule has 1 aliphatic rings. The van der Waals surface area contributed by atoms with Crippen LogP contribution in [0.2, 0.25) is 0 Å². The van der Waals surface area contributed by atoms with E-state index in [1.165, 1.54) is 0 Å². The van der Waals surface area contributed by atoms with Crippen molar-refractivity contribution in [3.05, 3.63) is 59.7 Å². The SMILES string of the molecule is CCCCOc1ccc(C(=O)NC(=S)Nc2ccc(C(=O)N3CCC(C)CC3)cc2)cc1. The van der Waals surface area contributed by atoms with Gasteiger partial charge in [-0.05, 0) is 85.9 Å². The summed E-state index contributed by atoms with van der Waals surface area (Å²) in [5.74, 6) is 1.18. The number of hydrogen-bond acceptors (Lipinski definition) is 4. The molecule has 32 heavy (non-hydrogen) atoms. The molecule has 1 fully saturated rings. The maximum absolute atomic E-state index is 12.7. The van der Waals surface area contributed by atoms with E-state index < -0.39 is 0 Å². The lowest BCUT2D eigenvalue weighted by Gasteiger charge is -2.30. The number of piperidine rings is 1. The minimum absolute atomic E-state index is 0.0569. The fourth-order valence-electron chi connectivity index (χ4n) is 3.46. The van der Waals surface area contributed by atoms with Crippen LogP contribution in [0.3, 0.4) is 0 Å². The molecule has 3 rings (SSSR count). The summed E-state index contributed by atoms with van der Waals surface area (Å²) in [7, 11) is 0. The highest BCUT2D eigenvalue weighted by molar-refractivity contribution is 7.80. The number of nitrogens with one attached hydrogen (secondary N) is 2. The van der Waals surface area contributed by atoms with Crippen LogP contribution in [0.25, 0.3) is 0 Å². The third-order valence-electron chi connectivity index (χ3n) is 5.57. The van der Waals surface area contributed by atoms with Crippen LogP contribution in [0, 0.1) is 5.92 Å². The fraction of sp³-hybridized carbons (Fsp3) is 0.400. The highest BCUT2D eigenvalue weighted by Crippen LogP contribution is 2.19. The molecule has 0 bridgehead atoms. The van der Waals surface area contributed by atoms with E-state index >= 15 is 0 Å². The molecule has 2 N–H and O–H groups in total. The van der Waals surface area contributed by atoms with Gasteiger partial charge in [-0.1, -0.05) is 20.3 Å². The molecule has 0 saturated carbocycles. The molecular formula is C25H31N3O3S. The quantitative estimate of drug-likeness (QED) is 0.463. The Bertz CT molecular complexity index is 920. The summed E-state index contributed by atoms with van der Waals surface area (Å²) in [6.45, 7) is 6.61. The Labute approximate surface area is 195 Å². The van der Waals surface area contributed by atoms with Crippen molar-refractivity contribution < 1.29 is 14.3 Å². The highest BCUT2D eigenvalue weighted by Gasteiger charge is 2.21. The van der Waals surface area contributed by atoms with Gasteiger partial charge in [0.15, 0.2) is 5.11 Å². The molecule has 1 heterocycles. The number of amides is 2. The highest BCUT2D eigenvalue weighted by atomic mass is 32.1. The van der Waals surface area contributed by atoms with E-state index in [1.807, 2.05) is 4.90 Å². The molecule has 6 nitrogen and oxygen atoms in total. The van der Waals surface area contributed by atoms with Gasteiger partial charge in [-0.25, -0.2) is 0 Å². The number of carbonyl (C=O) groups is 2. The molecule has 2 aromatic carbocycles. The Balaban J connectivity index is 1.49. The molecule has 0 aliphatic carbocycles. The molecule has 1 saturated heterocycles. The van der Waals surface area contributed by atoms with Crippen molar-refractivity contribution in [2.45, 2.75) is 39.5 Å². The maximum atomic E-state index is 12.7. The zero-order chi connectivity index (χ0) is 22.9. The molecule has 7 heteroatoms. The predicted octanol–water partition coefficient (Wildman–Crippen LogP) is 4.86. The van der Waals surface area contributed by atoms with E-state index in [9.17, 15) is 9.59 Å². The van der Waals surface area contributed by atoms with E-state index in [1.54, 1.807) is 48.5 Å². The second-order valence-electron chi connectivity index (χ2n) is 8.19. The fourth-order valence-corrected chi connectivity index (χ4v) is 3.68. The molecule has 1 aliphatic heterocycles. The first kappa shape index (κ1) is 23.7. The summed E-state index contributed by atoms with van der Waals surface area (Å²) < 4.78 is 5.61. The summed E-state index contributed by atoms with van der Waals surface area (Å²) in [5, 5.41) is 5.86. The van der Waals surface area contributed by atoms with Crippen molar-refractivity contribution >= 4 is 34.8 Å². The monoisotopic (exact) mass is 453 g/mol. The van der Waals surface area contributed by atoms with E-state index in [0.29, 0.717) is 29.3 Å². The van der Waals surface area contributed by atoms with Gasteiger partial charge < -0.3 is 15.0 Å². The smallest absolute Gasteiger partial charge is 0.257 e. The van der Waals surface area contributed by atoms with Crippen LogP contribution in [-0.4, -0.2) is 41.5 Å². The second-order valence-corrected chi connectivity index (χ2v) is 8.59. The Kier molecular flexibility index (Phi) is 8.62. The lowest BCUT2D eigenvalue weighted by molar-refractivity contribution is 0.0697. The number of benzene rings is 2. The largest absolute Gasteiger partial charge is 0.494 e. The molecule has 170 valence electrons. The van der Waals surface area contributed by atoms with Gasteiger partial charge in [-0.15, -0.1) is 0 Å². The van der Waals surface area contributed by atoms with Crippen molar-refractivity contribution in [1.29, 1.82) is 0 Å². The molecule has 0 atom stereocenters. The van der Waals surface area contributed by atoms with Crippen LogP contribution in [0.15, 0.2) is 48.5 Å². The number of nitrogens with zero attached hydrogens (tertiary/aromatic N) is 1. The van der Waals surface area contributed by atoms with Crippen molar-refractivity contribution in [2.75, 3.05) is 25.0 Å². The Morgan fingerprint density at radius 3 is 2.28 bits per heavy atom. The molecule has 0 unspecified atom stereocenters. The Morgan fingerprint density at radius 1 is 1.03 bits per heavy atom. The third kappa shape index (κ3) is 6.79. The Hall–Kier alpha value is -2.93. The van der Waals surface area contributed by atoms with E-state index in [-0.39, 0.29) is 16.9 Å². The van der Waals surface area contributed by atoms with Gasteiger partial charge in [-0.3, -0.25) is 14.9 Å². The standard InChI is InChI=1S/C25H31N3O3S/c1-3-4-17-31-22-11-7-19(8-12-22)23(29)27-25(32)26-21-9-5-20(6-10-21)24(30)28-15-13-18(2)14-16-28/h5-12,18H,3-4,13-17H2,1-2H3,(H2,26,27,29,32). The Morgan fingerprint density at radius 2 is 1.66 bits per heavy atom. The number of ether oxygens (including phenoxy) is 1. The summed E-state index contributed by atoms with van der Waals surface area (Å²) in [6.07, 6.45) is 4.17. The summed E-state index contributed by atoms with van der Waals surface area (Å²) >= 11 is 5.26. The van der Waals surface area contributed by atoms with Crippen LogP contribution in [0.5, 0.6) is 5.75 Å². The zero-order valence-electron chi connectivity index (χ0n) is 18.7. The van der Waals surface area contributed by atoms with E-state index in [0.717, 1.165) is 44.5 Å². The number of rotatable bonds is 7. The minimum atomic E-state index is -0.297. The summed E-state index contributed by atoms with van der Waals surface area (Å²) in [4.78, 5) is 27.0. The van der Waals surface area contributed by atoms with Gasteiger partial charge >= 0.3 is 0 Å². The third-order valence-corrected chi connectivity index (χ3v) is 5.77. The average Bonchev–Trinajstić information content (AvgIpc) is 2.80. The van der Waals surface area contributed by atoms with Crippen LogP contribution in [-0.2, 0) is 0 Å². The van der Waals surface area contributed by atoms with Gasteiger partial charge in [-0.2, -0.15) is 0 Å². The summed E-state index contributed by atoms with van der Waals surface area (Å²) in [5.41, 5.74) is 1.86. The average molecular weight is 454 g/mol. The van der Waals surface area contributed by atoms with Crippen LogP contribution in [0.4, 0.5) is 5.69 Å². The zero-order valence-corrected chi connectivity index (χ0v) is 19.5. The molecule has 2 aromatic rings. The van der Waals surface area contributed by atoms with Gasteiger partial charge in [0.05, 0.1) is 6.61 Å². The van der Waals surface area contributed by atoms with E-state index in [2.05, 4.69) is 24.5 Å².